The van der Waals surface area contributed by atoms with Gasteiger partial charge in [-0.2, -0.15) is 0 Å². The second kappa shape index (κ2) is 15.1. The van der Waals surface area contributed by atoms with Gasteiger partial charge in [-0.25, -0.2) is 0 Å². The SMILES string of the molecule is OC[C@H]1O[C@@](CO)(O[C@H]2O[C@H](CO)[C@@H](O[C@H]3O[C@H](CO)[C@@H](O[C@H]4O[C@H](CO)[C@@H](O)[C@H](O)[C@H]4O)[C@H](O)[C@H]3O)[C@H](O)[C@H]2O)[C@@H](O)[C@@H]1O. The summed E-state index contributed by atoms with van der Waals surface area (Å²) in [4.78, 5) is 0. The molecule has 4 aliphatic rings. The quantitative estimate of drug-likeness (QED) is 0.0973. The standard InChI is InChI=1S/C24H42O21/c25-1-6-10(30)12(32)15(35)21(39-6)42-18-8(3-27)40-22(16(36)13(18)33)43-19-9(4-28)41-23(17(37)14(19)34)45-24(5-29)20(38)11(31)7(2-26)44-24/h6-23,25-38H,1-5H2/t6-,7-,8-,9-,10-,11-,12+,13-,14-,15-,16-,17-,18-,19-,20+,21-,22-,23-,24+/m1/s1. The van der Waals surface area contributed by atoms with Crippen LogP contribution in [0.1, 0.15) is 0 Å². The molecule has 0 bridgehead atoms. The second-order valence-electron chi connectivity index (χ2n) is 11.2. The minimum absolute atomic E-state index is 0.784. The van der Waals surface area contributed by atoms with E-state index in [2.05, 4.69) is 0 Å². The van der Waals surface area contributed by atoms with Crippen LogP contribution in [0.3, 0.4) is 0 Å². The van der Waals surface area contributed by atoms with Crippen molar-refractivity contribution in [1.29, 1.82) is 0 Å². The highest BCUT2D eigenvalue weighted by molar-refractivity contribution is 5.00. The van der Waals surface area contributed by atoms with Gasteiger partial charge in [0.25, 0.3) is 0 Å². The maximum absolute atomic E-state index is 10.9. The van der Waals surface area contributed by atoms with E-state index in [0.717, 1.165) is 0 Å². The summed E-state index contributed by atoms with van der Waals surface area (Å²) in [5.41, 5.74) is 0. The highest BCUT2D eigenvalue weighted by Gasteiger charge is 2.59. The van der Waals surface area contributed by atoms with Crippen molar-refractivity contribution in [2.75, 3.05) is 33.0 Å². The summed E-state index contributed by atoms with van der Waals surface area (Å²) >= 11 is 0. The smallest absolute Gasteiger partial charge is 0.224 e. The average Bonchev–Trinajstić information content (AvgIpc) is 3.28. The van der Waals surface area contributed by atoms with E-state index in [1.165, 1.54) is 0 Å². The molecule has 0 spiro atoms. The molecule has 4 saturated heterocycles. The second-order valence-corrected chi connectivity index (χ2v) is 11.2. The Morgan fingerprint density at radius 3 is 1.31 bits per heavy atom. The molecule has 4 rings (SSSR count). The molecule has 4 heterocycles. The Morgan fingerprint density at radius 1 is 0.444 bits per heavy atom. The van der Waals surface area contributed by atoms with Crippen molar-refractivity contribution in [2.45, 2.75) is 116 Å². The normalized spacial score (nSPS) is 52.7. The van der Waals surface area contributed by atoms with Crippen LogP contribution >= 0.6 is 0 Å². The molecule has 0 aromatic carbocycles. The minimum atomic E-state index is -2.43. The van der Waals surface area contributed by atoms with Crippen LogP contribution in [0.5, 0.6) is 0 Å². The van der Waals surface area contributed by atoms with Crippen molar-refractivity contribution < 1.29 is 105 Å². The van der Waals surface area contributed by atoms with E-state index in [4.69, 9.17) is 33.2 Å². The maximum atomic E-state index is 10.9. The number of hydrogen-bond donors (Lipinski definition) is 14. The minimum Gasteiger partial charge on any atom is -0.394 e. The van der Waals surface area contributed by atoms with E-state index < -0.39 is 149 Å². The van der Waals surface area contributed by atoms with Crippen molar-refractivity contribution in [3.63, 3.8) is 0 Å². The van der Waals surface area contributed by atoms with Crippen molar-refractivity contribution in [3.8, 4) is 0 Å². The molecule has 0 aromatic heterocycles. The van der Waals surface area contributed by atoms with E-state index in [1.807, 2.05) is 0 Å². The van der Waals surface area contributed by atoms with Crippen molar-refractivity contribution in [1.82, 2.24) is 0 Å². The molecule has 14 N–H and O–H groups in total. The maximum Gasteiger partial charge on any atom is 0.224 e. The summed E-state index contributed by atoms with van der Waals surface area (Å²) < 4.78 is 37.9. The third-order valence-corrected chi connectivity index (χ3v) is 8.29. The largest absolute Gasteiger partial charge is 0.394 e. The van der Waals surface area contributed by atoms with E-state index in [0.29, 0.717) is 0 Å². The van der Waals surface area contributed by atoms with Gasteiger partial charge in [0.1, 0.15) is 98.2 Å². The van der Waals surface area contributed by atoms with Crippen LogP contribution in [0.2, 0.25) is 0 Å². The van der Waals surface area contributed by atoms with E-state index in [-0.39, 0.29) is 0 Å². The lowest BCUT2D eigenvalue weighted by Gasteiger charge is -2.48. The highest BCUT2D eigenvalue weighted by Crippen LogP contribution is 2.37. The summed E-state index contributed by atoms with van der Waals surface area (Å²) in [7, 11) is 0. The molecule has 0 amide bonds. The molecule has 45 heavy (non-hydrogen) atoms. The molecule has 0 aliphatic carbocycles. The van der Waals surface area contributed by atoms with Crippen LogP contribution in [0, 0.1) is 0 Å². The zero-order valence-electron chi connectivity index (χ0n) is 23.5. The molecule has 4 aliphatic heterocycles. The van der Waals surface area contributed by atoms with Crippen LogP contribution in [0.25, 0.3) is 0 Å². The Labute approximate surface area is 254 Å². The zero-order valence-corrected chi connectivity index (χ0v) is 23.5. The number of aliphatic hydroxyl groups is 14. The summed E-state index contributed by atoms with van der Waals surface area (Å²) in [5.74, 6) is -2.43. The molecule has 0 aromatic rings. The zero-order chi connectivity index (χ0) is 33.4. The van der Waals surface area contributed by atoms with Gasteiger partial charge >= 0.3 is 0 Å². The third kappa shape index (κ3) is 7.01. The fourth-order valence-electron chi connectivity index (χ4n) is 5.61. The van der Waals surface area contributed by atoms with Gasteiger partial charge in [0.2, 0.25) is 5.79 Å². The third-order valence-electron chi connectivity index (χ3n) is 8.29. The predicted octanol–water partition coefficient (Wildman–Crippen LogP) is -9.75. The molecule has 0 radical (unpaired) electrons. The van der Waals surface area contributed by atoms with Gasteiger partial charge < -0.3 is 105 Å². The Morgan fingerprint density at radius 2 is 0.867 bits per heavy atom. The molecular weight excluding hydrogens is 624 g/mol. The van der Waals surface area contributed by atoms with E-state index in [9.17, 15) is 71.5 Å². The van der Waals surface area contributed by atoms with Crippen LogP contribution in [0.4, 0.5) is 0 Å². The first-order chi connectivity index (χ1) is 21.3. The van der Waals surface area contributed by atoms with Crippen LogP contribution in [-0.4, -0.2) is 221 Å². The van der Waals surface area contributed by atoms with Crippen LogP contribution in [-0.2, 0) is 33.2 Å². The topological polar surface area (TPSA) is 348 Å². The van der Waals surface area contributed by atoms with Crippen molar-refractivity contribution in [3.05, 3.63) is 0 Å². The Kier molecular flexibility index (Phi) is 12.5. The molecule has 4 fully saturated rings. The first-order valence-electron chi connectivity index (χ1n) is 14.1. The summed E-state index contributed by atoms with van der Waals surface area (Å²) in [5, 5.41) is 142. The average molecular weight is 667 g/mol. The molecule has 21 heteroatoms. The number of hydrogen-bond acceptors (Lipinski definition) is 21. The molecule has 0 unspecified atom stereocenters. The molecule has 19 atom stereocenters. The van der Waals surface area contributed by atoms with Gasteiger partial charge in [0.05, 0.1) is 26.4 Å². The molecule has 21 nitrogen and oxygen atoms in total. The lowest BCUT2D eigenvalue weighted by molar-refractivity contribution is -0.402. The molecule has 264 valence electrons. The predicted molar refractivity (Wildman–Crippen MR) is 134 cm³/mol. The lowest BCUT2D eigenvalue weighted by atomic mass is 9.96. The fraction of sp³-hybridized carbons (Fsp3) is 1.00. The van der Waals surface area contributed by atoms with Crippen molar-refractivity contribution >= 4 is 0 Å². The first kappa shape index (κ1) is 37.0. The summed E-state index contributed by atoms with van der Waals surface area (Å²) in [6.45, 7) is -4.50. The Bertz CT molecular complexity index is 927. The van der Waals surface area contributed by atoms with Gasteiger partial charge in [-0.1, -0.05) is 0 Å². The van der Waals surface area contributed by atoms with Gasteiger partial charge in [0, 0.05) is 0 Å². The van der Waals surface area contributed by atoms with Gasteiger partial charge in [-0.15, -0.1) is 0 Å². The number of rotatable bonds is 11. The lowest BCUT2D eigenvalue weighted by Crippen LogP contribution is -2.67. The van der Waals surface area contributed by atoms with Crippen molar-refractivity contribution in [2.24, 2.45) is 0 Å². The Hall–Kier alpha value is -0.840. The molecular formula is C24H42O21. The first-order valence-corrected chi connectivity index (χ1v) is 14.1. The van der Waals surface area contributed by atoms with Gasteiger partial charge in [-0.3, -0.25) is 0 Å². The van der Waals surface area contributed by atoms with E-state index in [1.54, 1.807) is 0 Å². The van der Waals surface area contributed by atoms with Gasteiger partial charge in [0.15, 0.2) is 18.9 Å². The van der Waals surface area contributed by atoms with Crippen LogP contribution < -0.4 is 0 Å². The highest BCUT2D eigenvalue weighted by atomic mass is 16.8. The monoisotopic (exact) mass is 666 g/mol. The molecule has 0 saturated carbocycles. The van der Waals surface area contributed by atoms with E-state index >= 15 is 0 Å². The number of aliphatic hydroxyl groups excluding tert-OH is 14. The van der Waals surface area contributed by atoms with Gasteiger partial charge in [-0.05, 0) is 0 Å². The summed E-state index contributed by atoms with van der Waals surface area (Å²) in [6.07, 6.45) is -32.1. The Balaban J connectivity index is 1.45. The summed E-state index contributed by atoms with van der Waals surface area (Å²) in [6, 6.07) is 0. The number of ether oxygens (including phenoxy) is 7. The van der Waals surface area contributed by atoms with Crippen LogP contribution in [0.15, 0.2) is 0 Å². The fourth-order valence-corrected chi connectivity index (χ4v) is 5.61.